The van der Waals surface area contributed by atoms with E-state index in [1.54, 1.807) is 46.9 Å². The molecule has 0 spiro atoms. The standard InChI is InChI=1S/C28H39N3O5/c1-18(2)15-22(30-27(35)36-28(4,5)6)26(34)31(7)24(21-13-14-23(32)19(3)16-21)25(33)29-17-20-11-9-8-10-12-20/h8-14,16,18,22,24,32H,15,17H2,1-7H3,(H,29,33)(H,30,35). The van der Waals surface area contributed by atoms with Crippen LogP contribution >= 0.6 is 0 Å². The van der Waals surface area contributed by atoms with Gasteiger partial charge in [-0.1, -0.05) is 50.2 Å². The molecule has 0 aromatic heterocycles. The maximum Gasteiger partial charge on any atom is 0.408 e. The Bertz CT molecular complexity index is 1050. The third kappa shape index (κ3) is 8.59. The first-order valence-corrected chi connectivity index (χ1v) is 12.2. The third-order valence-electron chi connectivity index (χ3n) is 5.53. The van der Waals surface area contributed by atoms with Crippen LogP contribution in [0.15, 0.2) is 48.5 Å². The number of phenolic OH excluding ortho intramolecular Hbond substituents is 1. The summed E-state index contributed by atoms with van der Waals surface area (Å²) in [4.78, 5) is 40.9. The van der Waals surface area contributed by atoms with E-state index in [0.717, 1.165) is 5.56 Å². The summed E-state index contributed by atoms with van der Waals surface area (Å²) in [6.45, 7) is 11.2. The van der Waals surface area contributed by atoms with Crippen LogP contribution in [0, 0.1) is 12.8 Å². The lowest BCUT2D eigenvalue weighted by Crippen LogP contribution is -2.52. The highest BCUT2D eigenvalue weighted by Crippen LogP contribution is 2.26. The molecule has 2 aromatic carbocycles. The van der Waals surface area contributed by atoms with Crippen molar-refractivity contribution >= 4 is 17.9 Å². The number of carbonyl (C=O) groups is 3. The Morgan fingerprint density at radius 1 is 1.06 bits per heavy atom. The van der Waals surface area contributed by atoms with Gasteiger partial charge < -0.3 is 25.4 Å². The summed E-state index contributed by atoms with van der Waals surface area (Å²) in [6.07, 6.45) is -0.324. The number of alkyl carbamates (subject to hydrolysis) is 1. The molecule has 0 fully saturated rings. The van der Waals surface area contributed by atoms with Gasteiger partial charge in [-0.2, -0.15) is 0 Å². The van der Waals surface area contributed by atoms with Crippen molar-refractivity contribution in [2.24, 2.45) is 5.92 Å². The maximum atomic E-state index is 13.7. The lowest BCUT2D eigenvalue weighted by Gasteiger charge is -2.32. The second kappa shape index (κ2) is 12.4. The Hall–Kier alpha value is -3.55. The monoisotopic (exact) mass is 497 g/mol. The molecule has 0 radical (unpaired) electrons. The molecule has 2 rings (SSSR count). The molecule has 0 saturated heterocycles. The molecule has 3 N–H and O–H groups in total. The van der Waals surface area contributed by atoms with Crippen molar-refractivity contribution in [3.63, 3.8) is 0 Å². The van der Waals surface area contributed by atoms with Crippen LogP contribution in [0.1, 0.15) is 63.8 Å². The van der Waals surface area contributed by atoms with Crippen molar-refractivity contribution < 1.29 is 24.2 Å². The first-order valence-electron chi connectivity index (χ1n) is 12.2. The van der Waals surface area contributed by atoms with Crippen molar-refractivity contribution in [3.05, 3.63) is 65.2 Å². The van der Waals surface area contributed by atoms with Gasteiger partial charge in [0.05, 0.1) is 0 Å². The number of carbonyl (C=O) groups excluding carboxylic acids is 3. The van der Waals surface area contributed by atoms with Gasteiger partial charge in [-0.05, 0) is 68.9 Å². The fourth-order valence-corrected chi connectivity index (χ4v) is 3.80. The SMILES string of the molecule is Cc1cc(C(C(=O)NCc2ccccc2)N(C)C(=O)C(CC(C)C)NC(=O)OC(C)(C)C)ccc1O. The predicted octanol–water partition coefficient (Wildman–Crippen LogP) is 4.46. The van der Waals surface area contributed by atoms with Crippen LogP contribution in [0.25, 0.3) is 0 Å². The molecular weight excluding hydrogens is 458 g/mol. The summed E-state index contributed by atoms with van der Waals surface area (Å²) in [5.74, 6) is -0.593. The van der Waals surface area contributed by atoms with Crippen LogP contribution in [0.5, 0.6) is 5.75 Å². The second-order valence-electron chi connectivity index (χ2n) is 10.4. The lowest BCUT2D eigenvalue weighted by atomic mass is 9.98. The largest absolute Gasteiger partial charge is 0.508 e. The van der Waals surface area contributed by atoms with E-state index >= 15 is 0 Å². The maximum absolute atomic E-state index is 13.7. The molecule has 8 nitrogen and oxygen atoms in total. The molecule has 0 aliphatic rings. The van der Waals surface area contributed by atoms with Crippen LogP contribution in [0.4, 0.5) is 4.79 Å². The number of aromatic hydroxyl groups is 1. The van der Waals surface area contributed by atoms with E-state index in [4.69, 9.17) is 4.74 Å². The first kappa shape index (κ1) is 28.7. The number of nitrogens with one attached hydrogen (secondary N) is 2. The van der Waals surface area contributed by atoms with Gasteiger partial charge in [0.2, 0.25) is 11.8 Å². The van der Waals surface area contributed by atoms with E-state index in [1.165, 1.54) is 11.0 Å². The average molecular weight is 498 g/mol. The molecule has 0 bridgehead atoms. The Morgan fingerprint density at radius 3 is 2.25 bits per heavy atom. The van der Waals surface area contributed by atoms with E-state index in [2.05, 4.69) is 10.6 Å². The summed E-state index contributed by atoms with van der Waals surface area (Å²) in [6, 6.07) is 12.4. The van der Waals surface area contributed by atoms with Crippen molar-refractivity contribution in [1.29, 1.82) is 0 Å². The molecule has 2 aromatic rings. The Labute approximate surface area is 214 Å². The zero-order valence-corrected chi connectivity index (χ0v) is 22.3. The topological polar surface area (TPSA) is 108 Å². The predicted molar refractivity (Wildman–Crippen MR) is 139 cm³/mol. The number of aryl methyl sites for hydroxylation is 1. The molecule has 36 heavy (non-hydrogen) atoms. The molecular formula is C28H39N3O5. The molecule has 2 atom stereocenters. The molecule has 0 saturated carbocycles. The highest BCUT2D eigenvalue weighted by molar-refractivity contribution is 5.92. The number of likely N-dealkylation sites (N-methyl/N-ethyl adjacent to an activating group) is 1. The van der Waals surface area contributed by atoms with Gasteiger partial charge in [0.15, 0.2) is 0 Å². The molecule has 8 heteroatoms. The number of phenols is 1. The molecule has 3 amide bonds. The zero-order valence-electron chi connectivity index (χ0n) is 22.3. The van der Waals surface area contributed by atoms with Gasteiger partial charge in [-0.15, -0.1) is 0 Å². The summed E-state index contributed by atoms with van der Waals surface area (Å²) in [5.41, 5.74) is 1.34. The number of ether oxygens (including phenoxy) is 1. The minimum atomic E-state index is -0.976. The van der Waals surface area contributed by atoms with Crippen molar-refractivity contribution in [3.8, 4) is 5.75 Å². The number of hydrogen-bond acceptors (Lipinski definition) is 5. The van der Waals surface area contributed by atoms with Gasteiger partial charge >= 0.3 is 6.09 Å². The molecule has 2 unspecified atom stereocenters. The smallest absolute Gasteiger partial charge is 0.408 e. The lowest BCUT2D eigenvalue weighted by molar-refractivity contribution is -0.141. The normalized spacial score (nSPS) is 13.0. The second-order valence-corrected chi connectivity index (χ2v) is 10.4. The highest BCUT2D eigenvalue weighted by Gasteiger charge is 2.34. The number of hydrogen-bond donors (Lipinski definition) is 3. The summed E-state index contributed by atoms with van der Waals surface area (Å²) in [5, 5.41) is 15.6. The van der Waals surface area contributed by atoms with Gasteiger partial charge in [0.25, 0.3) is 0 Å². The van der Waals surface area contributed by atoms with Gasteiger partial charge in [0, 0.05) is 13.6 Å². The van der Waals surface area contributed by atoms with Crippen LogP contribution in [0.3, 0.4) is 0 Å². The Balaban J connectivity index is 2.34. The average Bonchev–Trinajstić information content (AvgIpc) is 2.78. The van der Waals surface area contributed by atoms with Crippen molar-refractivity contribution in [2.75, 3.05) is 7.05 Å². The van der Waals surface area contributed by atoms with E-state index in [9.17, 15) is 19.5 Å². The number of rotatable bonds is 9. The fraction of sp³-hybridized carbons (Fsp3) is 0.464. The number of amides is 3. The molecule has 0 aliphatic carbocycles. The van der Waals surface area contributed by atoms with E-state index in [0.29, 0.717) is 24.1 Å². The number of benzene rings is 2. The van der Waals surface area contributed by atoms with E-state index < -0.39 is 29.7 Å². The van der Waals surface area contributed by atoms with Crippen LogP contribution in [-0.4, -0.2) is 46.6 Å². The Morgan fingerprint density at radius 2 is 1.69 bits per heavy atom. The molecule has 0 heterocycles. The van der Waals surface area contributed by atoms with Crippen LogP contribution < -0.4 is 10.6 Å². The summed E-state index contributed by atoms with van der Waals surface area (Å²) in [7, 11) is 1.54. The first-order chi connectivity index (χ1) is 16.8. The van der Waals surface area contributed by atoms with Crippen LogP contribution in [0.2, 0.25) is 0 Å². The van der Waals surface area contributed by atoms with Gasteiger partial charge in [-0.25, -0.2) is 4.79 Å². The van der Waals surface area contributed by atoms with Crippen LogP contribution in [-0.2, 0) is 20.9 Å². The Kier molecular flexibility index (Phi) is 9.90. The highest BCUT2D eigenvalue weighted by atomic mass is 16.6. The summed E-state index contributed by atoms with van der Waals surface area (Å²) >= 11 is 0. The molecule has 196 valence electrons. The fourth-order valence-electron chi connectivity index (χ4n) is 3.80. The summed E-state index contributed by atoms with van der Waals surface area (Å²) < 4.78 is 5.36. The number of nitrogens with zero attached hydrogens (tertiary/aromatic N) is 1. The minimum absolute atomic E-state index is 0.0976. The van der Waals surface area contributed by atoms with Gasteiger partial charge in [0.1, 0.15) is 23.4 Å². The van der Waals surface area contributed by atoms with Crippen molar-refractivity contribution in [1.82, 2.24) is 15.5 Å². The zero-order chi connectivity index (χ0) is 27.0. The molecule has 0 aliphatic heterocycles. The van der Waals surface area contributed by atoms with Crippen molar-refractivity contribution in [2.45, 2.75) is 72.2 Å². The van der Waals surface area contributed by atoms with E-state index in [1.807, 2.05) is 44.2 Å². The van der Waals surface area contributed by atoms with Gasteiger partial charge in [-0.3, -0.25) is 9.59 Å². The third-order valence-corrected chi connectivity index (χ3v) is 5.53. The minimum Gasteiger partial charge on any atom is -0.508 e. The quantitative estimate of drug-likeness (QED) is 0.474. The van der Waals surface area contributed by atoms with E-state index in [-0.39, 0.29) is 17.6 Å².